The maximum Gasteiger partial charge on any atom is 0.325 e. The normalized spacial score (nSPS) is 18.7. The number of ether oxygens (including phenoxy) is 1. The van der Waals surface area contributed by atoms with Gasteiger partial charge in [0.2, 0.25) is 5.88 Å². The Labute approximate surface area is 224 Å². The first-order valence-electron chi connectivity index (χ1n) is 12.9. The second kappa shape index (κ2) is 10.1. The molecule has 2 heterocycles. The molecule has 1 aliphatic carbocycles. The molecule has 0 unspecified atom stereocenters. The van der Waals surface area contributed by atoms with E-state index in [0.717, 1.165) is 48.2 Å². The van der Waals surface area contributed by atoms with Crippen molar-refractivity contribution in [3.8, 4) is 5.88 Å². The van der Waals surface area contributed by atoms with Crippen LogP contribution in [0.3, 0.4) is 0 Å². The molecule has 9 heteroatoms. The Bertz CT molecular complexity index is 1370. The minimum absolute atomic E-state index is 0.300. The van der Waals surface area contributed by atoms with Gasteiger partial charge in [-0.25, -0.2) is 19.8 Å². The lowest BCUT2D eigenvalue weighted by molar-refractivity contribution is 0.171. The highest BCUT2D eigenvalue weighted by Gasteiger charge is 2.37. The lowest BCUT2D eigenvalue weighted by atomic mass is 9.81. The molecule has 0 amide bonds. The topological polar surface area (TPSA) is 117 Å². The Hall–Kier alpha value is -3.32. The second-order valence-corrected chi connectivity index (χ2v) is 12.8. The van der Waals surface area contributed by atoms with Crippen LogP contribution >= 0.6 is 7.72 Å². The number of rotatable bonds is 5. The first-order valence-corrected chi connectivity index (χ1v) is 14.6. The van der Waals surface area contributed by atoms with Crippen LogP contribution in [-0.4, -0.2) is 45.2 Å². The number of anilines is 2. The average molecular weight is 533 g/mol. The van der Waals surface area contributed by atoms with Crippen LogP contribution < -0.4 is 20.7 Å². The summed E-state index contributed by atoms with van der Waals surface area (Å²) in [7, 11) is 0.641. The van der Waals surface area contributed by atoms with Crippen LogP contribution in [0.15, 0.2) is 71.2 Å². The lowest BCUT2D eigenvalue weighted by Crippen LogP contribution is -2.41. The van der Waals surface area contributed by atoms with Crippen molar-refractivity contribution in [2.24, 2.45) is 4.99 Å². The lowest BCUT2D eigenvalue weighted by Gasteiger charge is -2.32. The van der Waals surface area contributed by atoms with E-state index in [4.69, 9.17) is 15.5 Å². The zero-order chi connectivity index (χ0) is 27.1. The summed E-state index contributed by atoms with van der Waals surface area (Å²) >= 11 is 0. The van der Waals surface area contributed by atoms with E-state index in [-0.39, 0.29) is 0 Å². The maximum absolute atomic E-state index is 10.9. The number of allylic oxidation sites excluding steroid dienone is 1. The number of fused-ring (bicyclic) bond motifs is 1. The second-order valence-electron chi connectivity index (χ2n) is 10.7. The molecule has 1 aromatic heterocycles. The van der Waals surface area contributed by atoms with Gasteiger partial charge in [-0.2, -0.15) is 4.98 Å². The van der Waals surface area contributed by atoms with Crippen molar-refractivity contribution in [1.82, 2.24) is 9.97 Å². The molecule has 8 nitrogen and oxygen atoms in total. The number of aromatic nitrogens is 2. The van der Waals surface area contributed by atoms with E-state index in [2.05, 4.69) is 34.2 Å². The Balaban J connectivity index is 1.27. The van der Waals surface area contributed by atoms with Gasteiger partial charge in [-0.05, 0) is 80.9 Å². The standard InChI is InChI=1S/C29H35N5O3P/c1-29(2)26(33-25-27(30)31-18-32-28(25)37-29)22-11-9-21(10-12-22)20-7-5-19(6-8-20)17-38(35,36)24-15-13-23(14-16-24)34(3)4/h9-18,20,35-36H,5-8H2,1-4H3,(H2,30,31,32)/q+1. The van der Waals surface area contributed by atoms with E-state index in [1.54, 1.807) is 5.82 Å². The fourth-order valence-electron chi connectivity index (χ4n) is 5.17. The molecule has 198 valence electrons. The molecular weight excluding hydrogens is 497 g/mol. The van der Waals surface area contributed by atoms with Gasteiger partial charge >= 0.3 is 7.72 Å². The molecule has 1 saturated carbocycles. The molecule has 0 atom stereocenters. The van der Waals surface area contributed by atoms with Gasteiger partial charge < -0.3 is 15.4 Å². The van der Waals surface area contributed by atoms with Crippen LogP contribution in [0.2, 0.25) is 0 Å². The fraction of sp³-hybridized carbons (Fsp3) is 0.345. The molecule has 1 fully saturated rings. The van der Waals surface area contributed by atoms with Gasteiger partial charge in [0.15, 0.2) is 16.8 Å². The van der Waals surface area contributed by atoms with Crippen LogP contribution in [0.25, 0.3) is 0 Å². The number of benzene rings is 2. The monoisotopic (exact) mass is 532 g/mol. The van der Waals surface area contributed by atoms with Crippen LogP contribution in [0.1, 0.15) is 56.6 Å². The van der Waals surface area contributed by atoms with E-state index in [1.807, 2.05) is 57.1 Å². The molecule has 1 aliphatic heterocycles. The third-order valence-corrected chi connectivity index (χ3v) is 9.14. The van der Waals surface area contributed by atoms with Crippen molar-refractivity contribution >= 4 is 35.9 Å². The first-order chi connectivity index (χ1) is 18.0. The summed E-state index contributed by atoms with van der Waals surface area (Å²) in [6, 6.07) is 16.0. The van der Waals surface area contributed by atoms with Crippen LogP contribution in [0.5, 0.6) is 5.88 Å². The van der Waals surface area contributed by atoms with E-state index >= 15 is 0 Å². The van der Waals surface area contributed by atoms with Gasteiger partial charge in [-0.3, -0.25) is 0 Å². The summed E-state index contributed by atoms with van der Waals surface area (Å²) in [5.74, 6) is 2.85. The molecular formula is C29H35N5O3P+. The van der Waals surface area contributed by atoms with Gasteiger partial charge in [0.05, 0.1) is 5.71 Å². The van der Waals surface area contributed by atoms with Crippen molar-refractivity contribution in [2.75, 3.05) is 24.7 Å². The number of nitrogen functional groups attached to an aromatic ring is 1. The highest BCUT2D eigenvalue weighted by atomic mass is 31.2. The average Bonchev–Trinajstić information content (AvgIpc) is 2.88. The van der Waals surface area contributed by atoms with Crippen molar-refractivity contribution < 1.29 is 14.5 Å². The molecule has 2 aromatic carbocycles. The van der Waals surface area contributed by atoms with Crippen LogP contribution in [0.4, 0.5) is 17.2 Å². The number of hydrogen-bond donors (Lipinski definition) is 3. The smallest absolute Gasteiger partial charge is 0.325 e. The molecule has 3 aromatic rings. The van der Waals surface area contributed by atoms with Crippen LogP contribution in [0, 0.1) is 0 Å². The molecule has 0 radical (unpaired) electrons. The first kappa shape index (κ1) is 26.3. The van der Waals surface area contributed by atoms with E-state index < -0.39 is 13.3 Å². The van der Waals surface area contributed by atoms with Crippen LogP contribution in [-0.2, 0) is 0 Å². The quantitative estimate of drug-likeness (QED) is 0.391. The van der Waals surface area contributed by atoms with Gasteiger partial charge in [0, 0.05) is 25.3 Å². The largest absolute Gasteiger partial charge is 0.463 e. The van der Waals surface area contributed by atoms with Gasteiger partial charge in [-0.15, -0.1) is 0 Å². The molecule has 0 spiro atoms. The Morgan fingerprint density at radius 1 is 1.00 bits per heavy atom. The molecule has 0 bridgehead atoms. The molecule has 38 heavy (non-hydrogen) atoms. The van der Waals surface area contributed by atoms with Crippen molar-refractivity contribution in [2.45, 2.75) is 51.0 Å². The fourth-order valence-corrected chi connectivity index (χ4v) is 6.67. The number of aliphatic imine (C=N–C) groups is 1. The SMILES string of the molecule is CN(C)c1ccc([P+](O)(O)C=C2CCC(c3ccc(C4=Nc5c(N)ncnc5OC4(C)C)cc3)CC2)cc1. The zero-order valence-electron chi connectivity index (χ0n) is 22.3. The van der Waals surface area contributed by atoms with E-state index in [9.17, 15) is 9.79 Å². The van der Waals surface area contributed by atoms with Crippen molar-refractivity contribution in [1.29, 1.82) is 0 Å². The predicted octanol–water partition coefficient (Wildman–Crippen LogP) is 5.12. The Morgan fingerprint density at radius 3 is 2.29 bits per heavy atom. The van der Waals surface area contributed by atoms with Gasteiger partial charge in [0.1, 0.15) is 17.7 Å². The summed E-state index contributed by atoms with van der Waals surface area (Å²) in [4.78, 5) is 36.7. The molecule has 0 saturated heterocycles. The van der Waals surface area contributed by atoms with Gasteiger partial charge in [-0.1, -0.05) is 24.3 Å². The summed E-state index contributed by atoms with van der Waals surface area (Å²) < 4.78 is 6.10. The summed E-state index contributed by atoms with van der Waals surface area (Å²) in [5, 5.41) is 0.585. The molecule has 5 rings (SSSR count). The predicted molar refractivity (Wildman–Crippen MR) is 155 cm³/mol. The van der Waals surface area contributed by atoms with Crippen molar-refractivity contribution in [3.05, 3.63) is 77.4 Å². The minimum Gasteiger partial charge on any atom is -0.463 e. The number of hydrogen-bond acceptors (Lipinski definition) is 8. The Kier molecular flexibility index (Phi) is 6.99. The highest BCUT2D eigenvalue weighted by molar-refractivity contribution is 7.75. The van der Waals surface area contributed by atoms with Crippen molar-refractivity contribution in [3.63, 3.8) is 0 Å². The number of nitrogens with zero attached hydrogens (tertiary/aromatic N) is 4. The number of nitrogens with two attached hydrogens (primary N) is 1. The summed E-state index contributed by atoms with van der Waals surface area (Å²) in [6.45, 7) is 3.94. The third kappa shape index (κ3) is 5.30. The molecule has 4 N–H and O–H groups in total. The summed E-state index contributed by atoms with van der Waals surface area (Å²) in [6.07, 6.45) is 5.04. The third-order valence-electron chi connectivity index (χ3n) is 7.35. The zero-order valence-corrected chi connectivity index (χ0v) is 23.2. The maximum atomic E-state index is 10.9. The van der Waals surface area contributed by atoms with E-state index in [1.165, 1.54) is 11.9 Å². The summed E-state index contributed by atoms with van der Waals surface area (Å²) in [5.41, 5.74) is 11.0. The minimum atomic E-state index is -3.29. The van der Waals surface area contributed by atoms with Gasteiger partial charge in [0.25, 0.3) is 0 Å². The Morgan fingerprint density at radius 2 is 1.66 bits per heavy atom. The molecule has 2 aliphatic rings. The highest BCUT2D eigenvalue weighted by Crippen LogP contribution is 2.53. The van der Waals surface area contributed by atoms with E-state index in [0.29, 0.717) is 28.6 Å².